The highest BCUT2D eigenvalue weighted by molar-refractivity contribution is 5.80. The van der Waals surface area contributed by atoms with Gasteiger partial charge in [0.1, 0.15) is 5.54 Å². The third-order valence-corrected chi connectivity index (χ3v) is 3.05. The second-order valence-corrected chi connectivity index (χ2v) is 4.56. The number of unbranched alkanes of at least 4 members (excludes halogenated alkanes) is 2. The molecule has 0 aromatic carbocycles. The van der Waals surface area contributed by atoms with Gasteiger partial charge in [0.25, 0.3) is 0 Å². The fraction of sp³-hybridized carbons (Fsp3) is 0.917. The highest BCUT2D eigenvalue weighted by Crippen LogP contribution is 2.20. The Hall–Kier alpha value is -0.570. The number of nitrogens with one attached hydrogen (secondary N) is 1. The highest BCUT2D eigenvalue weighted by Gasteiger charge is 2.35. The van der Waals surface area contributed by atoms with Gasteiger partial charge in [0.05, 0.1) is 6.61 Å². The Morgan fingerprint density at radius 2 is 2.20 bits per heavy atom. The van der Waals surface area contributed by atoms with Gasteiger partial charge in [0.2, 0.25) is 0 Å². The van der Waals surface area contributed by atoms with Gasteiger partial charge in [0, 0.05) is 0 Å². The highest BCUT2D eigenvalue weighted by atomic mass is 16.5. The van der Waals surface area contributed by atoms with Crippen LogP contribution in [0.25, 0.3) is 0 Å². The van der Waals surface area contributed by atoms with E-state index < -0.39 is 5.54 Å². The first kappa shape index (κ1) is 12.5. The number of carbonyl (C=O) groups excluding carboxylic acids is 1. The first-order chi connectivity index (χ1) is 7.19. The maximum absolute atomic E-state index is 11.8. The molecule has 1 heterocycles. The van der Waals surface area contributed by atoms with Crippen molar-refractivity contribution in [1.29, 1.82) is 0 Å². The van der Waals surface area contributed by atoms with Gasteiger partial charge in [-0.2, -0.15) is 0 Å². The van der Waals surface area contributed by atoms with E-state index in [1.54, 1.807) is 0 Å². The van der Waals surface area contributed by atoms with Crippen molar-refractivity contribution < 1.29 is 9.53 Å². The van der Waals surface area contributed by atoms with Gasteiger partial charge in [0.15, 0.2) is 0 Å². The van der Waals surface area contributed by atoms with Crippen LogP contribution in [-0.2, 0) is 9.53 Å². The van der Waals surface area contributed by atoms with Crippen LogP contribution in [0.1, 0.15) is 52.4 Å². The summed E-state index contributed by atoms with van der Waals surface area (Å²) in [5, 5.41) is 3.26. The van der Waals surface area contributed by atoms with Crippen molar-refractivity contribution in [3.8, 4) is 0 Å². The SMILES string of the molecule is CCCCCOC(=O)C1(C)CCCCN1. The largest absolute Gasteiger partial charge is 0.464 e. The van der Waals surface area contributed by atoms with E-state index in [0.717, 1.165) is 38.6 Å². The number of hydrogen-bond acceptors (Lipinski definition) is 3. The lowest BCUT2D eigenvalue weighted by Gasteiger charge is -2.32. The standard InChI is InChI=1S/C12H23NO2/c1-3-4-7-10-15-11(14)12(2)8-5-6-9-13-12/h13H,3-10H2,1-2H3. The van der Waals surface area contributed by atoms with Crippen molar-refractivity contribution in [3.63, 3.8) is 0 Å². The Kier molecular flexibility index (Phi) is 5.09. The quantitative estimate of drug-likeness (QED) is 0.562. The number of piperidine rings is 1. The smallest absolute Gasteiger partial charge is 0.326 e. The van der Waals surface area contributed by atoms with E-state index in [9.17, 15) is 4.79 Å². The van der Waals surface area contributed by atoms with E-state index in [1.165, 1.54) is 6.42 Å². The van der Waals surface area contributed by atoms with Crippen molar-refractivity contribution in [3.05, 3.63) is 0 Å². The molecule has 1 aliphatic heterocycles. The molecule has 3 nitrogen and oxygen atoms in total. The molecule has 0 amide bonds. The number of rotatable bonds is 5. The Morgan fingerprint density at radius 1 is 1.40 bits per heavy atom. The van der Waals surface area contributed by atoms with Crippen molar-refractivity contribution in [1.82, 2.24) is 5.32 Å². The third kappa shape index (κ3) is 3.82. The second kappa shape index (κ2) is 6.11. The average Bonchev–Trinajstić information content (AvgIpc) is 2.25. The summed E-state index contributed by atoms with van der Waals surface area (Å²) in [6.45, 7) is 5.60. The summed E-state index contributed by atoms with van der Waals surface area (Å²) in [6, 6.07) is 0. The van der Waals surface area contributed by atoms with Crippen LogP contribution in [0.4, 0.5) is 0 Å². The summed E-state index contributed by atoms with van der Waals surface area (Å²) in [7, 11) is 0. The third-order valence-electron chi connectivity index (χ3n) is 3.05. The molecule has 15 heavy (non-hydrogen) atoms. The molecule has 1 aliphatic rings. The molecule has 1 fully saturated rings. The normalized spacial score (nSPS) is 26.3. The summed E-state index contributed by atoms with van der Waals surface area (Å²) < 4.78 is 5.29. The van der Waals surface area contributed by atoms with Crippen LogP contribution in [0.15, 0.2) is 0 Å². The van der Waals surface area contributed by atoms with Gasteiger partial charge in [-0.1, -0.05) is 19.8 Å². The van der Waals surface area contributed by atoms with Gasteiger partial charge < -0.3 is 10.1 Å². The van der Waals surface area contributed by atoms with E-state index in [0.29, 0.717) is 6.61 Å². The molecular weight excluding hydrogens is 190 g/mol. The van der Waals surface area contributed by atoms with Crippen molar-refractivity contribution in [2.75, 3.05) is 13.2 Å². The number of hydrogen-bond donors (Lipinski definition) is 1. The molecule has 1 atom stereocenters. The number of esters is 1. The molecule has 3 heteroatoms. The molecule has 1 saturated heterocycles. The minimum Gasteiger partial charge on any atom is -0.464 e. The monoisotopic (exact) mass is 213 g/mol. The van der Waals surface area contributed by atoms with E-state index in [-0.39, 0.29) is 5.97 Å². The fourth-order valence-corrected chi connectivity index (χ4v) is 1.91. The molecule has 0 aromatic rings. The second-order valence-electron chi connectivity index (χ2n) is 4.56. The maximum Gasteiger partial charge on any atom is 0.326 e. The summed E-state index contributed by atoms with van der Waals surface area (Å²) in [4.78, 5) is 11.8. The average molecular weight is 213 g/mol. The number of carbonyl (C=O) groups is 1. The lowest BCUT2D eigenvalue weighted by Crippen LogP contribution is -2.53. The molecule has 88 valence electrons. The maximum atomic E-state index is 11.8. The van der Waals surface area contributed by atoms with Crippen LogP contribution in [0, 0.1) is 0 Å². The van der Waals surface area contributed by atoms with Crippen molar-refractivity contribution in [2.24, 2.45) is 0 Å². The van der Waals surface area contributed by atoms with Gasteiger partial charge >= 0.3 is 5.97 Å². The van der Waals surface area contributed by atoms with Gasteiger partial charge in [-0.3, -0.25) is 4.79 Å². The molecule has 0 aliphatic carbocycles. The lowest BCUT2D eigenvalue weighted by molar-refractivity contribution is -0.152. The molecule has 0 aromatic heterocycles. The zero-order valence-corrected chi connectivity index (χ0v) is 9.97. The zero-order valence-electron chi connectivity index (χ0n) is 9.97. The Labute approximate surface area is 92.6 Å². The van der Waals surface area contributed by atoms with Crippen LogP contribution in [-0.4, -0.2) is 24.7 Å². The fourth-order valence-electron chi connectivity index (χ4n) is 1.91. The minimum atomic E-state index is -0.426. The predicted octanol–water partition coefficient (Wildman–Crippen LogP) is 2.25. The van der Waals surface area contributed by atoms with Gasteiger partial charge in [-0.25, -0.2) is 0 Å². The Balaban J connectivity index is 2.25. The van der Waals surface area contributed by atoms with Gasteiger partial charge in [-0.15, -0.1) is 0 Å². The van der Waals surface area contributed by atoms with Gasteiger partial charge in [-0.05, 0) is 39.2 Å². The lowest BCUT2D eigenvalue weighted by atomic mass is 9.91. The van der Waals surface area contributed by atoms with E-state index in [4.69, 9.17) is 4.74 Å². The molecule has 1 rings (SSSR count). The van der Waals surface area contributed by atoms with Crippen LogP contribution in [0.3, 0.4) is 0 Å². The molecule has 0 spiro atoms. The number of ether oxygens (including phenoxy) is 1. The topological polar surface area (TPSA) is 38.3 Å². The Bertz CT molecular complexity index is 198. The van der Waals surface area contributed by atoms with E-state index in [1.807, 2.05) is 6.92 Å². The minimum absolute atomic E-state index is 0.0710. The summed E-state index contributed by atoms with van der Waals surface area (Å²) >= 11 is 0. The summed E-state index contributed by atoms with van der Waals surface area (Å²) in [6.07, 6.45) is 6.47. The van der Waals surface area contributed by atoms with Crippen LogP contribution >= 0.6 is 0 Å². The summed E-state index contributed by atoms with van der Waals surface area (Å²) in [5.41, 5.74) is -0.426. The van der Waals surface area contributed by atoms with E-state index in [2.05, 4.69) is 12.2 Å². The molecule has 0 bridgehead atoms. The molecule has 0 saturated carbocycles. The molecule has 0 radical (unpaired) electrons. The van der Waals surface area contributed by atoms with Crippen LogP contribution in [0.5, 0.6) is 0 Å². The van der Waals surface area contributed by atoms with E-state index >= 15 is 0 Å². The molecule has 1 N–H and O–H groups in total. The predicted molar refractivity (Wildman–Crippen MR) is 60.7 cm³/mol. The molecule has 1 unspecified atom stereocenters. The van der Waals surface area contributed by atoms with Crippen molar-refractivity contribution >= 4 is 5.97 Å². The van der Waals surface area contributed by atoms with Crippen LogP contribution in [0.2, 0.25) is 0 Å². The zero-order chi connectivity index (χ0) is 11.1. The first-order valence-electron chi connectivity index (χ1n) is 6.11. The summed E-state index contributed by atoms with van der Waals surface area (Å²) in [5.74, 6) is -0.0710. The Morgan fingerprint density at radius 3 is 2.80 bits per heavy atom. The molecular formula is C12H23NO2. The van der Waals surface area contributed by atoms with Crippen molar-refractivity contribution in [2.45, 2.75) is 57.9 Å². The van der Waals surface area contributed by atoms with Crippen LogP contribution < -0.4 is 5.32 Å². The first-order valence-corrected chi connectivity index (χ1v) is 6.11.